The second-order valence-electron chi connectivity index (χ2n) is 8.16. The molecule has 178 valence electrons. The molecule has 1 fully saturated rings. The van der Waals surface area contributed by atoms with Gasteiger partial charge in [-0.1, -0.05) is 24.3 Å². The van der Waals surface area contributed by atoms with Crippen molar-refractivity contribution >= 4 is 11.7 Å². The first kappa shape index (κ1) is 23.4. The first-order valence-electron chi connectivity index (χ1n) is 11.3. The highest BCUT2D eigenvalue weighted by molar-refractivity contribution is 5.79. The summed E-state index contributed by atoms with van der Waals surface area (Å²) < 4.78 is 16.3. The molecule has 0 aliphatic carbocycles. The SMILES string of the molecule is COc1cc(-c2ccc(N3CCN(C(=O)Cc4ccccc4C)CC3)nn2)cc(OC)c1OC. The zero-order valence-electron chi connectivity index (χ0n) is 20.1. The Kier molecular flexibility index (Phi) is 7.15. The number of benzene rings is 2. The van der Waals surface area contributed by atoms with E-state index >= 15 is 0 Å². The molecule has 2 heterocycles. The number of hydrogen-bond donors (Lipinski definition) is 0. The molecule has 3 aromatic rings. The van der Waals surface area contributed by atoms with Crippen molar-refractivity contribution in [1.29, 1.82) is 0 Å². The van der Waals surface area contributed by atoms with E-state index in [9.17, 15) is 4.79 Å². The lowest BCUT2D eigenvalue weighted by atomic mass is 10.1. The Morgan fingerprint density at radius 2 is 1.56 bits per heavy atom. The first-order chi connectivity index (χ1) is 16.5. The molecule has 0 atom stereocenters. The van der Waals surface area contributed by atoms with Gasteiger partial charge in [-0.2, -0.15) is 0 Å². The monoisotopic (exact) mass is 462 g/mol. The summed E-state index contributed by atoms with van der Waals surface area (Å²) in [5.41, 5.74) is 3.76. The Balaban J connectivity index is 1.41. The second kappa shape index (κ2) is 10.4. The number of carbonyl (C=O) groups is 1. The maximum Gasteiger partial charge on any atom is 0.227 e. The van der Waals surface area contributed by atoms with Crippen molar-refractivity contribution < 1.29 is 19.0 Å². The highest BCUT2D eigenvalue weighted by atomic mass is 16.5. The molecule has 1 aromatic heterocycles. The smallest absolute Gasteiger partial charge is 0.227 e. The second-order valence-corrected chi connectivity index (χ2v) is 8.16. The Morgan fingerprint density at radius 1 is 0.882 bits per heavy atom. The topological polar surface area (TPSA) is 77.0 Å². The molecule has 0 bridgehead atoms. The minimum Gasteiger partial charge on any atom is -0.493 e. The zero-order chi connectivity index (χ0) is 24.1. The van der Waals surface area contributed by atoms with Gasteiger partial charge in [-0.3, -0.25) is 4.79 Å². The van der Waals surface area contributed by atoms with Crippen molar-refractivity contribution in [2.75, 3.05) is 52.4 Å². The Bertz CT molecular complexity index is 1120. The highest BCUT2D eigenvalue weighted by Gasteiger charge is 2.23. The standard InChI is InChI=1S/C26H30N4O4/c1-18-7-5-6-8-19(18)17-25(31)30-13-11-29(12-14-30)24-10-9-21(27-28-24)20-15-22(32-2)26(34-4)23(16-20)33-3/h5-10,15-16H,11-14,17H2,1-4H3. The van der Waals surface area contributed by atoms with E-state index in [4.69, 9.17) is 14.2 Å². The maximum absolute atomic E-state index is 12.8. The van der Waals surface area contributed by atoms with E-state index in [0.29, 0.717) is 42.5 Å². The van der Waals surface area contributed by atoms with Crippen LogP contribution in [-0.2, 0) is 11.2 Å². The van der Waals surface area contributed by atoms with Gasteiger partial charge >= 0.3 is 0 Å². The molecule has 1 amide bonds. The fourth-order valence-corrected chi connectivity index (χ4v) is 4.14. The molecule has 8 heteroatoms. The highest BCUT2D eigenvalue weighted by Crippen LogP contribution is 2.40. The molecule has 2 aromatic carbocycles. The summed E-state index contributed by atoms with van der Waals surface area (Å²) in [6.07, 6.45) is 0.440. The number of aromatic nitrogens is 2. The summed E-state index contributed by atoms with van der Waals surface area (Å²) in [6, 6.07) is 15.6. The van der Waals surface area contributed by atoms with Crippen LogP contribution in [0.5, 0.6) is 17.2 Å². The van der Waals surface area contributed by atoms with Gasteiger partial charge < -0.3 is 24.0 Å². The van der Waals surface area contributed by atoms with E-state index in [2.05, 4.69) is 15.1 Å². The van der Waals surface area contributed by atoms with Crippen LogP contribution in [0.2, 0.25) is 0 Å². The van der Waals surface area contributed by atoms with Gasteiger partial charge in [0.05, 0.1) is 33.4 Å². The van der Waals surface area contributed by atoms with Crippen molar-refractivity contribution in [3.8, 4) is 28.5 Å². The number of ether oxygens (including phenoxy) is 3. The Morgan fingerprint density at radius 3 is 2.12 bits per heavy atom. The lowest BCUT2D eigenvalue weighted by Gasteiger charge is -2.35. The summed E-state index contributed by atoms with van der Waals surface area (Å²) >= 11 is 0. The lowest BCUT2D eigenvalue weighted by Crippen LogP contribution is -2.49. The third-order valence-electron chi connectivity index (χ3n) is 6.17. The summed E-state index contributed by atoms with van der Waals surface area (Å²) in [5.74, 6) is 2.62. The van der Waals surface area contributed by atoms with Crippen LogP contribution in [0.4, 0.5) is 5.82 Å². The van der Waals surface area contributed by atoms with Gasteiger partial charge in [0.1, 0.15) is 0 Å². The molecule has 0 saturated carbocycles. The number of amides is 1. The summed E-state index contributed by atoms with van der Waals surface area (Å²) in [7, 11) is 4.74. The van der Waals surface area contributed by atoms with Crippen molar-refractivity contribution in [1.82, 2.24) is 15.1 Å². The molecular weight excluding hydrogens is 432 g/mol. The van der Waals surface area contributed by atoms with Crippen LogP contribution in [0.15, 0.2) is 48.5 Å². The van der Waals surface area contributed by atoms with Crippen LogP contribution in [0, 0.1) is 6.92 Å². The van der Waals surface area contributed by atoms with Gasteiger partial charge in [0.25, 0.3) is 0 Å². The quantitative estimate of drug-likeness (QED) is 0.533. The third-order valence-corrected chi connectivity index (χ3v) is 6.17. The molecular formula is C26H30N4O4. The number of hydrogen-bond acceptors (Lipinski definition) is 7. The van der Waals surface area contributed by atoms with E-state index in [-0.39, 0.29) is 5.91 Å². The predicted octanol–water partition coefficient (Wildman–Crippen LogP) is 3.37. The van der Waals surface area contributed by atoms with Crippen LogP contribution in [0.3, 0.4) is 0 Å². The average Bonchev–Trinajstić information content (AvgIpc) is 2.89. The van der Waals surface area contributed by atoms with E-state index < -0.39 is 0 Å². The number of anilines is 1. The van der Waals surface area contributed by atoms with Gasteiger partial charge in [0.2, 0.25) is 11.7 Å². The molecule has 0 N–H and O–H groups in total. The van der Waals surface area contributed by atoms with Crippen LogP contribution in [0.25, 0.3) is 11.3 Å². The van der Waals surface area contributed by atoms with Crippen LogP contribution >= 0.6 is 0 Å². The van der Waals surface area contributed by atoms with Gasteiger partial charge in [-0.25, -0.2) is 0 Å². The summed E-state index contributed by atoms with van der Waals surface area (Å²) in [6.45, 7) is 4.82. The molecule has 8 nitrogen and oxygen atoms in total. The normalized spacial score (nSPS) is 13.5. The van der Waals surface area contributed by atoms with Crippen molar-refractivity contribution in [3.05, 3.63) is 59.7 Å². The van der Waals surface area contributed by atoms with Crippen molar-refractivity contribution in [2.24, 2.45) is 0 Å². The van der Waals surface area contributed by atoms with Crippen molar-refractivity contribution in [3.63, 3.8) is 0 Å². The molecule has 0 spiro atoms. The fourth-order valence-electron chi connectivity index (χ4n) is 4.14. The minimum atomic E-state index is 0.165. The number of piperazine rings is 1. The number of aryl methyl sites for hydroxylation is 1. The molecule has 0 radical (unpaired) electrons. The molecule has 4 rings (SSSR count). The van der Waals surface area contributed by atoms with Crippen LogP contribution in [0.1, 0.15) is 11.1 Å². The van der Waals surface area contributed by atoms with Crippen LogP contribution in [-0.4, -0.2) is 68.5 Å². The lowest BCUT2D eigenvalue weighted by molar-refractivity contribution is -0.130. The molecule has 1 aliphatic heterocycles. The van der Waals surface area contributed by atoms with Crippen molar-refractivity contribution in [2.45, 2.75) is 13.3 Å². The van der Waals surface area contributed by atoms with E-state index in [0.717, 1.165) is 35.6 Å². The number of nitrogens with zero attached hydrogens (tertiary/aromatic N) is 4. The van der Waals surface area contributed by atoms with E-state index in [1.54, 1.807) is 21.3 Å². The average molecular weight is 463 g/mol. The Labute approximate surface area is 200 Å². The maximum atomic E-state index is 12.8. The summed E-state index contributed by atoms with van der Waals surface area (Å²) in [5, 5.41) is 8.87. The predicted molar refractivity (Wildman–Crippen MR) is 131 cm³/mol. The molecule has 1 aliphatic rings. The minimum absolute atomic E-state index is 0.165. The number of methoxy groups -OCH3 is 3. The van der Waals surface area contributed by atoms with Gasteiger partial charge in [-0.05, 0) is 42.3 Å². The van der Waals surface area contributed by atoms with E-state index in [1.165, 1.54) is 0 Å². The van der Waals surface area contributed by atoms with Gasteiger partial charge in [0.15, 0.2) is 17.3 Å². The van der Waals surface area contributed by atoms with Crippen LogP contribution < -0.4 is 19.1 Å². The summed E-state index contributed by atoms with van der Waals surface area (Å²) in [4.78, 5) is 16.9. The third kappa shape index (κ3) is 4.90. The fraction of sp³-hybridized carbons (Fsp3) is 0.346. The Hall–Kier alpha value is -3.81. The van der Waals surface area contributed by atoms with Gasteiger partial charge in [0, 0.05) is 31.7 Å². The first-order valence-corrected chi connectivity index (χ1v) is 11.3. The van der Waals surface area contributed by atoms with Gasteiger partial charge in [-0.15, -0.1) is 10.2 Å². The number of rotatable bonds is 7. The molecule has 34 heavy (non-hydrogen) atoms. The molecule has 0 unspecified atom stereocenters. The van der Waals surface area contributed by atoms with E-state index in [1.807, 2.05) is 60.4 Å². The largest absolute Gasteiger partial charge is 0.493 e. The zero-order valence-corrected chi connectivity index (χ0v) is 20.1. The molecule has 1 saturated heterocycles. The number of carbonyl (C=O) groups excluding carboxylic acids is 1.